The highest BCUT2D eigenvalue weighted by Crippen LogP contribution is 2.22. The number of ether oxygens (including phenoxy) is 2. The van der Waals surface area contributed by atoms with E-state index in [9.17, 15) is 0 Å². The molecule has 27 heavy (non-hydrogen) atoms. The molecule has 2 aliphatic rings. The molecule has 0 amide bonds. The molecule has 1 saturated heterocycles. The zero-order valence-electron chi connectivity index (χ0n) is 16.5. The van der Waals surface area contributed by atoms with E-state index in [0.717, 1.165) is 76.2 Å². The van der Waals surface area contributed by atoms with E-state index in [4.69, 9.17) is 9.47 Å². The fraction of sp³-hybridized carbons (Fsp3) is 0.700. The lowest BCUT2D eigenvalue weighted by Crippen LogP contribution is -2.44. The number of hydrogen-bond donors (Lipinski definition) is 2. The summed E-state index contributed by atoms with van der Waals surface area (Å²) in [6.07, 6.45) is 7.04. The zero-order valence-corrected chi connectivity index (χ0v) is 16.5. The second kappa shape index (κ2) is 11.1. The van der Waals surface area contributed by atoms with Crippen molar-refractivity contribution in [2.45, 2.75) is 45.3 Å². The quantitative estimate of drug-likeness (QED) is 0.533. The molecule has 150 valence electrons. The van der Waals surface area contributed by atoms with E-state index < -0.39 is 0 Å². The molecule has 3 rings (SSSR count). The first kappa shape index (κ1) is 19.9. The molecule has 1 aromatic rings. The van der Waals surface area contributed by atoms with Gasteiger partial charge >= 0.3 is 0 Å². The average molecular weight is 376 g/mol. The van der Waals surface area contributed by atoms with E-state index in [2.05, 4.69) is 38.5 Å². The topological polar surface area (TPSA) is 71.0 Å². The third kappa shape index (κ3) is 6.99. The van der Waals surface area contributed by atoms with Gasteiger partial charge in [-0.3, -0.25) is 4.90 Å². The molecular formula is C20H33N5O2. The summed E-state index contributed by atoms with van der Waals surface area (Å²) in [7, 11) is 0. The van der Waals surface area contributed by atoms with Crippen molar-refractivity contribution in [1.82, 2.24) is 20.5 Å². The predicted molar refractivity (Wildman–Crippen MR) is 107 cm³/mol. The third-order valence-corrected chi connectivity index (χ3v) is 4.98. The summed E-state index contributed by atoms with van der Waals surface area (Å²) in [6, 6.07) is 4.01. The van der Waals surface area contributed by atoms with Crippen LogP contribution in [0.2, 0.25) is 0 Å². The van der Waals surface area contributed by atoms with Crippen LogP contribution in [-0.4, -0.2) is 67.9 Å². The number of aromatic nitrogens is 1. The molecule has 0 unspecified atom stereocenters. The number of pyridine rings is 1. The zero-order chi connectivity index (χ0) is 18.7. The number of rotatable bonds is 8. The Morgan fingerprint density at radius 3 is 2.78 bits per heavy atom. The van der Waals surface area contributed by atoms with Crippen molar-refractivity contribution >= 4 is 5.96 Å². The maximum Gasteiger partial charge on any atom is 0.213 e. The van der Waals surface area contributed by atoms with Crippen molar-refractivity contribution in [2.24, 2.45) is 4.99 Å². The summed E-state index contributed by atoms with van der Waals surface area (Å²) >= 11 is 0. The number of morpholine rings is 1. The first-order chi connectivity index (χ1) is 13.3. The van der Waals surface area contributed by atoms with E-state index in [1.54, 1.807) is 0 Å². The van der Waals surface area contributed by atoms with Crippen molar-refractivity contribution in [1.29, 1.82) is 0 Å². The van der Waals surface area contributed by atoms with Gasteiger partial charge in [-0.25, -0.2) is 9.98 Å². The fourth-order valence-electron chi connectivity index (χ4n) is 3.42. The molecule has 0 spiro atoms. The van der Waals surface area contributed by atoms with Gasteiger partial charge in [0.1, 0.15) is 6.10 Å². The van der Waals surface area contributed by atoms with Crippen LogP contribution >= 0.6 is 0 Å². The Kier molecular flexibility index (Phi) is 8.17. The van der Waals surface area contributed by atoms with Crippen molar-refractivity contribution < 1.29 is 9.47 Å². The molecule has 0 radical (unpaired) electrons. The first-order valence-corrected chi connectivity index (χ1v) is 10.3. The normalized spacial score (nSPS) is 19.2. The number of guanidine groups is 1. The van der Waals surface area contributed by atoms with Gasteiger partial charge in [0.15, 0.2) is 5.96 Å². The Morgan fingerprint density at radius 2 is 2.07 bits per heavy atom. The van der Waals surface area contributed by atoms with E-state index >= 15 is 0 Å². The highest BCUT2D eigenvalue weighted by molar-refractivity contribution is 5.79. The van der Waals surface area contributed by atoms with Gasteiger partial charge in [0, 0.05) is 45.0 Å². The van der Waals surface area contributed by atoms with Gasteiger partial charge in [0.2, 0.25) is 5.88 Å². The third-order valence-electron chi connectivity index (χ3n) is 4.98. The first-order valence-electron chi connectivity index (χ1n) is 10.3. The van der Waals surface area contributed by atoms with Crippen LogP contribution in [0.15, 0.2) is 23.3 Å². The van der Waals surface area contributed by atoms with Crippen molar-refractivity contribution in [3.63, 3.8) is 0 Å². The second-order valence-electron chi connectivity index (χ2n) is 7.10. The number of hydrogen-bond acceptors (Lipinski definition) is 5. The minimum Gasteiger partial charge on any atom is -0.474 e. The summed E-state index contributed by atoms with van der Waals surface area (Å²) in [4.78, 5) is 11.5. The van der Waals surface area contributed by atoms with Crippen LogP contribution < -0.4 is 15.4 Å². The van der Waals surface area contributed by atoms with Crippen LogP contribution in [-0.2, 0) is 11.3 Å². The molecule has 7 heteroatoms. The summed E-state index contributed by atoms with van der Waals surface area (Å²) in [5, 5.41) is 6.71. The van der Waals surface area contributed by atoms with E-state index in [0.29, 0.717) is 12.6 Å². The van der Waals surface area contributed by atoms with E-state index in [1.807, 2.05) is 12.3 Å². The Balaban J connectivity index is 1.43. The maximum atomic E-state index is 5.92. The number of aliphatic imine (C=N–C) groups is 1. The molecular weight excluding hydrogens is 342 g/mol. The van der Waals surface area contributed by atoms with E-state index in [1.165, 1.54) is 12.8 Å². The minimum absolute atomic E-state index is 0.345. The summed E-state index contributed by atoms with van der Waals surface area (Å²) in [5.74, 6) is 1.57. The standard InChI is InChI=1S/C20H33N5O2/c1-2-21-20(22-9-10-25-11-13-26-14-12-25)24-16-17-7-8-19(23-15-17)27-18-5-3-4-6-18/h7-8,15,18H,2-6,9-14,16H2,1H3,(H2,21,22,24). The summed E-state index contributed by atoms with van der Waals surface area (Å²) < 4.78 is 11.3. The molecule has 2 N–H and O–H groups in total. The Morgan fingerprint density at radius 1 is 1.26 bits per heavy atom. The molecule has 1 aliphatic carbocycles. The van der Waals surface area contributed by atoms with Crippen molar-refractivity contribution in [3.05, 3.63) is 23.9 Å². The average Bonchev–Trinajstić information content (AvgIpc) is 3.21. The van der Waals surface area contributed by atoms with Crippen LogP contribution in [0.5, 0.6) is 5.88 Å². The highest BCUT2D eigenvalue weighted by atomic mass is 16.5. The Labute approximate surface area is 162 Å². The number of nitrogens with one attached hydrogen (secondary N) is 2. The smallest absolute Gasteiger partial charge is 0.213 e. The van der Waals surface area contributed by atoms with Gasteiger partial charge in [-0.2, -0.15) is 0 Å². The molecule has 1 saturated carbocycles. The lowest BCUT2D eigenvalue weighted by Gasteiger charge is -2.26. The van der Waals surface area contributed by atoms with Gasteiger partial charge in [0.25, 0.3) is 0 Å². The van der Waals surface area contributed by atoms with Gasteiger partial charge in [-0.05, 0) is 38.2 Å². The highest BCUT2D eigenvalue weighted by Gasteiger charge is 2.16. The molecule has 0 bridgehead atoms. The molecule has 1 aromatic heterocycles. The lowest BCUT2D eigenvalue weighted by molar-refractivity contribution is 0.0389. The molecule has 2 heterocycles. The Hall–Kier alpha value is -1.86. The Bertz CT molecular complexity index is 566. The molecule has 0 atom stereocenters. The van der Waals surface area contributed by atoms with Crippen LogP contribution in [0.3, 0.4) is 0 Å². The van der Waals surface area contributed by atoms with Crippen LogP contribution in [0.4, 0.5) is 0 Å². The van der Waals surface area contributed by atoms with Gasteiger partial charge in [0.05, 0.1) is 19.8 Å². The predicted octanol–water partition coefficient (Wildman–Crippen LogP) is 1.79. The fourth-order valence-corrected chi connectivity index (χ4v) is 3.42. The molecule has 7 nitrogen and oxygen atoms in total. The monoisotopic (exact) mass is 375 g/mol. The van der Waals surface area contributed by atoms with Gasteiger partial charge < -0.3 is 20.1 Å². The van der Waals surface area contributed by atoms with Gasteiger partial charge in [-0.1, -0.05) is 6.07 Å². The molecule has 0 aromatic carbocycles. The molecule has 1 aliphatic heterocycles. The van der Waals surface area contributed by atoms with Crippen LogP contribution in [0.25, 0.3) is 0 Å². The lowest BCUT2D eigenvalue weighted by atomic mass is 10.3. The summed E-state index contributed by atoms with van der Waals surface area (Å²) in [6.45, 7) is 9.09. The summed E-state index contributed by atoms with van der Waals surface area (Å²) in [5.41, 5.74) is 1.08. The SMILES string of the molecule is CCNC(=NCc1ccc(OC2CCCC2)nc1)NCCN1CCOCC1. The largest absolute Gasteiger partial charge is 0.474 e. The van der Waals surface area contributed by atoms with Crippen molar-refractivity contribution in [2.75, 3.05) is 45.9 Å². The van der Waals surface area contributed by atoms with Crippen molar-refractivity contribution in [3.8, 4) is 5.88 Å². The minimum atomic E-state index is 0.345. The maximum absolute atomic E-state index is 5.92. The van der Waals surface area contributed by atoms with Crippen LogP contribution in [0.1, 0.15) is 38.2 Å². The molecule has 2 fully saturated rings. The second-order valence-corrected chi connectivity index (χ2v) is 7.10. The van der Waals surface area contributed by atoms with E-state index in [-0.39, 0.29) is 0 Å². The number of nitrogens with zero attached hydrogens (tertiary/aromatic N) is 3. The van der Waals surface area contributed by atoms with Gasteiger partial charge in [-0.15, -0.1) is 0 Å². The van der Waals surface area contributed by atoms with Crippen LogP contribution in [0, 0.1) is 0 Å².